The molecule has 1 aliphatic heterocycles. The number of fused-ring (bicyclic) bond motifs is 1. The average Bonchev–Trinajstić information content (AvgIpc) is 3.03. The number of hydrogen-bond donors (Lipinski definition) is 0. The summed E-state index contributed by atoms with van der Waals surface area (Å²) in [5, 5.41) is 1.86. The first-order valence-electron chi connectivity index (χ1n) is 10.7. The molecule has 170 valence electrons. The molecule has 2 amide bonds. The van der Waals surface area contributed by atoms with Crippen LogP contribution in [0.1, 0.15) is 31.9 Å². The largest absolute Gasteiger partial charge is 0.490 e. The number of amides is 2. The van der Waals surface area contributed by atoms with Crippen LogP contribution in [0.3, 0.4) is 0 Å². The third-order valence-corrected chi connectivity index (χ3v) is 6.77. The van der Waals surface area contributed by atoms with Gasteiger partial charge < -0.3 is 9.47 Å². The quantitative estimate of drug-likeness (QED) is 0.228. The SMILES string of the molecule is CCOc1cc(/C=C2/SC(=O)N(Cc3cccc4ccccc34)C2=O)cc(I)c1OC(C)C. The molecule has 5 nitrogen and oxygen atoms in total. The Morgan fingerprint density at radius 3 is 2.61 bits per heavy atom. The Bertz CT molecular complexity index is 1250. The molecule has 0 aliphatic carbocycles. The van der Waals surface area contributed by atoms with Gasteiger partial charge in [-0.2, -0.15) is 0 Å². The molecule has 0 spiro atoms. The number of benzene rings is 3. The van der Waals surface area contributed by atoms with Crippen LogP contribution in [0.5, 0.6) is 11.5 Å². The van der Waals surface area contributed by atoms with E-state index < -0.39 is 0 Å². The van der Waals surface area contributed by atoms with Crippen molar-refractivity contribution in [3.8, 4) is 11.5 Å². The Labute approximate surface area is 211 Å². The number of halogens is 1. The molecule has 0 bridgehead atoms. The molecule has 1 aliphatic rings. The third kappa shape index (κ3) is 5.19. The van der Waals surface area contributed by atoms with Crippen molar-refractivity contribution in [1.29, 1.82) is 0 Å². The highest BCUT2D eigenvalue weighted by molar-refractivity contribution is 14.1. The Morgan fingerprint density at radius 2 is 1.85 bits per heavy atom. The van der Waals surface area contributed by atoms with Crippen LogP contribution in [0.25, 0.3) is 16.8 Å². The summed E-state index contributed by atoms with van der Waals surface area (Å²) in [5.74, 6) is 1.03. The highest BCUT2D eigenvalue weighted by Gasteiger charge is 2.35. The van der Waals surface area contributed by atoms with Gasteiger partial charge in [0.2, 0.25) is 0 Å². The summed E-state index contributed by atoms with van der Waals surface area (Å²) in [6.45, 7) is 6.58. The normalized spacial score (nSPS) is 15.2. The lowest BCUT2D eigenvalue weighted by molar-refractivity contribution is -0.123. The monoisotopic (exact) mass is 573 g/mol. The van der Waals surface area contributed by atoms with Gasteiger partial charge in [-0.1, -0.05) is 42.5 Å². The maximum absolute atomic E-state index is 13.1. The summed E-state index contributed by atoms with van der Waals surface area (Å²) < 4.78 is 12.6. The first kappa shape index (κ1) is 23.6. The van der Waals surface area contributed by atoms with Crippen molar-refractivity contribution in [3.63, 3.8) is 0 Å². The van der Waals surface area contributed by atoms with Crippen LogP contribution in [0, 0.1) is 3.57 Å². The number of thioether (sulfide) groups is 1. The Morgan fingerprint density at radius 1 is 1.09 bits per heavy atom. The van der Waals surface area contributed by atoms with E-state index in [-0.39, 0.29) is 23.8 Å². The number of hydrogen-bond acceptors (Lipinski definition) is 5. The lowest BCUT2D eigenvalue weighted by Gasteiger charge is -2.17. The summed E-state index contributed by atoms with van der Waals surface area (Å²) >= 11 is 3.17. The summed E-state index contributed by atoms with van der Waals surface area (Å²) in [6, 6.07) is 17.7. The molecule has 0 radical (unpaired) electrons. The highest BCUT2D eigenvalue weighted by atomic mass is 127. The molecule has 33 heavy (non-hydrogen) atoms. The van der Waals surface area contributed by atoms with Gasteiger partial charge in [0, 0.05) is 0 Å². The Kier molecular flexibility index (Phi) is 7.29. The second-order valence-corrected chi connectivity index (χ2v) is 9.99. The summed E-state index contributed by atoms with van der Waals surface area (Å²) in [4.78, 5) is 27.6. The van der Waals surface area contributed by atoms with Crippen molar-refractivity contribution >= 4 is 62.3 Å². The lowest BCUT2D eigenvalue weighted by atomic mass is 10.0. The van der Waals surface area contributed by atoms with E-state index in [1.165, 1.54) is 4.90 Å². The topological polar surface area (TPSA) is 55.8 Å². The van der Waals surface area contributed by atoms with Gasteiger partial charge in [-0.15, -0.1) is 0 Å². The summed E-state index contributed by atoms with van der Waals surface area (Å²) in [7, 11) is 0. The van der Waals surface area contributed by atoms with Crippen molar-refractivity contribution in [1.82, 2.24) is 4.90 Å². The molecule has 1 saturated heterocycles. The van der Waals surface area contributed by atoms with Crippen LogP contribution < -0.4 is 9.47 Å². The van der Waals surface area contributed by atoms with Crippen molar-refractivity contribution < 1.29 is 19.1 Å². The number of carbonyl (C=O) groups is 2. The second kappa shape index (κ2) is 10.2. The van der Waals surface area contributed by atoms with E-state index in [4.69, 9.17) is 9.47 Å². The zero-order valence-electron chi connectivity index (χ0n) is 18.6. The average molecular weight is 573 g/mol. The maximum atomic E-state index is 13.1. The molecule has 0 N–H and O–H groups in total. The van der Waals surface area contributed by atoms with Gasteiger partial charge in [0.25, 0.3) is 11.1 Å². The predicted molar refractivity (Wildman–Crippen MR) is 142 cm³/mol. The molecule has 0 saturated carbocycles. The van der Waals surface area contributed by atoms with E-state index >= 15 is 0 Å². The van der Waals surface area contributed by atoms with Crippen molar-refractivity contribution in [2.75, 3.05) is 6.61 Å². The number of imide groups is 1. The smallest absolute Gasteiger partial charge is 0.293 e. The predicted octanol–water partition coefficient (Wildman–Crippen LogP) is 6.87. The number of carbonyl (C=O) groups excluding carboxylic acids is 2. The third-order valence-electron chi connectivity index (χ3n) is 5.06. The Balaban J connectivity index is 1.62. The van der Waals surface area contributed by atoms with Gasteiger partial charge in [0.1, 0.15) is 0 Å². The van der Waals surface area contributed by atoms with Gasteiger partial charge in [-0.3, -0.25) is 14.5 Å². The zero-order chi connectivity index (χ0) is 23.5. The maximum Gasteiger partial charge on any atom is 0.293 e. The summed E-state index contributed by atoms with van der Waals surface area (Å²) in [6.07, 6.45) is 1.76. The molecular weight excluding hydrogens is 549 g/mol. The second-order valence-electron chi connectivity index (χ2n) is 7.84. The first-order valence-corrected chi connectivity index (χ1v) is 12.6. The van der Waals surface area contributed by atoms with Crippen LogP contribution in [-0.2, 0) is 11.3 Å². The zero-order valence-corrected chi connectivity index (χ0v) is 21.6. The summed E-state index contributed by atoms with van der Waals surface area (Å²) in [5.41, 5.74) is 1.73. The molecule has 0 unspecified atom stereocenters. The van der Waals surface area contributed by atoms with Crippen LogP contribution in [-0.4, -0.2) is 28.8 Å². The fourth-order valence-electron chi connectivity index (χ4n) is 3.67. The number of nitrogens with zero attached hydrogens (tertiary/aromatic N) is 1. The first-order chi connectivity index (χ1) is 15.9. The van der Waals surface area contributed by atoms with Crippen molar-refractivity contribution in [2.45, 2.75) is 33.4 Å². The molecule has 3 aromatic rings. The molecule has 4 rings (SSSR count). The van der Waals surface area contributed by atoms with Crippen molar-refractivity contribution in [2.24, 2.45) is 0 Å². The lowest BCUT2D eigenvalue weighted by Crippen LogP contribution is -2.27. The van der Waals surface area contributed by atoms with E-state index in [0.29, 0.717) is 23.0 Å². The van der Waals surface area contributed by atoms with E-state index in [9.17, 15) is 9.59 Å². The van der Waals surface area contributed by atoms with E-state index in [1.54, 1.807) is 6.08 Å². The number of ether oxygens (including phenoxy) is 2. The van der Waals surface area contributed by atoms with E-state index in [0.717, 1.165) is 37.2 Å². The van der Waals surface area contributed by atoms with Gasteiger partial charge in [0.15, 0.2) is 11.5 Å². The van der Waals surface area contributed by atoms with Crippen LogP contribution in [0.4, 0.5) is 4.79 Å². The molecule has 0 atom stereocenters. The molecule has 0 aromatic heterocycles. The van der Waals surface area contributed by atoms with Crippen molar-refractivity contribution in [3.05, 3.63) is 74.2 Å². The molecule has 1 fully saturated rings. The van der Waals surface area contributed by atoms with Crippen LogP contribution >= 0.6 is 34.4 Å². The van der Waals surface area contributed by atoms with Crippen LogP contribution in [0.15, 0.2) is 59.5 Å². The standard InChI is InChI=1S/C26H24INO4S/c1-4-31-22-13-17(12-21(27)24(22)32-16(2)3)14-23-25(29)28(26(30)33-23)15-19-10-7-9-18-8-5-6-11-20(18)19/h5-14,16H,4,15H2,1-3H3/b23-14+. The Hall–Kier alpha value is -2.52. The van der Waals surface area contributed by atoms with Gasteiger partial charge >= 0.3 is 0 Å². The van der Waals surface area contributed by atoms with E-state index in [2.05, 4.69) is 22.6 Å². The number of rotatable bonds is 7. The molecule has 7 heteroatoms. The minimum atomic E-state index is -0.284. The fourth-order valence-corrected chi connectivity index (χ4v) is 5.26. The van der Waals surface area contributed by atoms with E-state index in [1.807, 2.05) is 75.4 Å². The fraction of sp³-hybridized carbons (Fsp3) is 0.231. The van der Waals surface area contributed by atoms with Gasteiger partial charge in [-0.05, 0) is 95.2 Å². The minimum absolute atomic E-state index is 0.00846. The van der Waals surface area contributed by atoms with Gasteiger partial charge in [0.05, 0.1) is 27.7 Å². The van der Waals surface area contributed by atoms with Crippen LogP contribution in [0.2, 0.25) is 0 Å². The van der Waals surface area contributed by atoms with Gasteiger partial charge in [-0.25, -0.2) is 0 Å². The highest BCUT2D eigenvalue weighted by Crippen LogP contribution is 2.38. The molecule has 1 heterocycles. The molecular formula is C26H24INO4S. The minimum Gasteiger partial charge on any atom is -0.490 e. The molecule has 3 aromatic carbocycles.